The zero-order valence-electron chi connectivity index (χ0n) is 12.4. The summed E-state index contributed by atoms with van der Waals surface area (Å²) in [5.41, 5.74) is 2.86. The lowest BCUT2D eigenvalue weighted by molar-refractivity contribution is -0.124. The van der Waals surface area contributed by atoms with E-state index >= 15 is 0 Å². The Bertz CT molecular complexity index is 751. The van der Waals surface area contributed by atoms with E-state index in [0.29, 0.717) is 17.1 Å². The molecule has 2 rings (SSSR count). The van der Waals surface area contributed by atoms with Crippen LogP contribution in [0.15, 0.2) is 53.5 Å². The summed E-state index contributed by atoms with van der Waals surface area (Å²) in [4.78, 5) is 23.2. The van der Waals surface area contributed by atoms with E-state index in [9.17, 15) is 9.59 Å². The van der Waals surface area contributed by atoms with Crippen LogP contribution in [0.5, 0.6) is 0 Å². The van der Waals surface area contributed by atoms with Crippen LogP contribution in [0.4, 0.5) is 0 Å². The number of carbonyl (C=O) groups excluding carboxylic acids is 1. The minimum absolute atomic E-state index is 0.175. The molecule has 1 aromatic heterocycles. The average Bonchev–Trinajstić information content (AvgIpc) is 2.56. The summed E-state index contributed by atoms with van der Waals surface area (Å²) in [5.74, 6) is -0.678. The number of hydroxylamine groups is 1. The number of nitrogens with zero attached hydrogens (tertiary/aromatic N) is 1. The Balaban J connectivity index is 2.00. The largest absolute Gasteiger partial charge is 0.315 e. The van der Waals surface area contributed by atoms with Crippen molar-refractivity contribution in [2.45, 2.75) is 19.4 Å². The van der Waals surface area contributed by atoms with Crippen molar-refractivity contribution in [2.75, 3.05) is 0 Å². The van der Waals surface area contributed by atoms with E-state index in [1.165, 1.54) is 11.6 Å². The lowest BCUT2D eigenvalue weighted by atomic mass is 10.1. The average molecular weight is 333 g/mol. The summed E-state index contributed by atoms with van der Waals surface area (Å²) < 4.78 is 1.60. The predicted molar refractivity (Wildman–Crippen MR) is 89.4 cm³/mol. The number of pyridine rings is 1. The van der Waals surface area contributed by atoms with Crippen molar-refractivity contribution >= 4 is 23.6 Å². The lowest BCUT2D eigenvalue weighted by Crippen LogP contribution is -2.22. The third-order valence-corrected chi connectivity index (χ3v) is 3.60. The number of hydrogen-bond donors (Lipinski definition) is 2. The van der Waals surface area contributed by atoms with E-state index in [4.69, 9.17) is 16.8 Å². The summed E-state index contributed by atoms with van der Waals surface area (Å²) in [5, 5.41) is 9.14. The fourth-order valence-corrected chi connectivity index (χ4v) is 2.29. The molecule has 0 fully saturated rings. The second-order valence-corrected chi connectivity index (χ2v) is 5.44. The minimum atomic E-state index is -0.678. The summed E-state index contributed by atoms with van der Waals surface area (Å²) in [7, 11) is 0. The molecule has 23 heavy (non-hydrogen) atoms. The second kappa shape index (κ2) is 8.31. The zero-order valence-corrected chi connectivity index (χ0v) is 13.2. The molecule has 0 unspecified atom stereocenters. The monoisotopic (exact) mass is 332 g/mol. The van der Waals surface area contributed by atoms with Gasteiger partial charge in [0.25, 0.3) is 11.5 Å². The summed E-state index contributed by atoms with van der Waals surface area (Å²) in [6.07, 6.45) is 5.86. The van der Waals surface area contributed by atoms with Crippen molar-refractivity contribution in [3.8, 4) is 0 Å². The van der Waals surface area contributed by atoms with Crippen LogP contribution in [0.2, 0.25) is 5.02 Å². The highest BCUT2D eigenvalue weighted by atomic mass is 35.5. The van der Waals surface area contributed by atoms with E-state index in [0.717, 1.165) is 24.5 Å². The number of halogens is 1. The third kappa shape index (κ3) is 5.09. The molecule has 0 saturated carbocycles. The number of rotatable bonds is 6. The van der Waals surface area contributed by atoms with Crippen LogP contribution < -0.4 is 11.0 Å². The van der Waals surface area contributed by atoms with Crippen molar-refractivity contribution in [3.63, 3.8) is 0 Å². The van der Waals surface area contributed by atoms with Gasteiger partial charge in [-0.1, -0.05) is 23.7 Å². The van der Waals surface area contributed by atoms with Gasteiger partial charge in [-0.25, -0.2) is 5.48 Å². The molecular weight excluding hydrogens is 316 g/mol. The first kappa shape index (κ1) is 17.0. The van der Waals surface area contributed by atoms with Crippen molar-refractivity contribution in [3.05, 3.63) is 75.2 Å². The Morgan fingerprint density at radius 1 is 1.26 bits per heavy atom. The first-order valence-corrected chi connectivity index (χ1v) is 7.54. The van der Waals surface area contributed by atoms with Crippen LogP contribution >= 0.6 is 11.6 Å². The molecule has 1 amide bonds. The van der Waals surface area contributed by atoms with Gasteiger partial charge in [-0.15, -0.1) is 0 Å². The van der Waals surface area contributed by atoms with Crippen molar-refractivity contribution in [2.24, 2.45) is 0 Å². The molecule has 0 aliphatic heterocycles. The lowest BCUT2D eigenvalue weighted by Gasteiger charge is -2.07. The smallest absolute Gasteiger partial charge is 0.267 e. The second-order valence-electron chi connectivity index (χ2n) is 5.00. The van der Waals surface area contributed by atoms with E-state index in [1.54, 1.807) is 22.9 Å². The quantitative estimate of drug-likeness (QED) is 0.485. The van der Waals surface area contributed by atoms with Gasteiger partial charge in [0.1, 0.15) is 0 Å². The van der Waals surface area contributed by atoms with Crippen LogP contribution in [0.3, 0.4) is 0 Å². The zero-order chi connectivity index (χ0) is 16.7. The summed E-state index contributed by atoms with van der Waals surface area (Å²) in [6.45, 7) is 0.579. The molecular formula is C17H17ClN2O3. The van der Waals surface area contributed by atoms with Gasteiger partial charge < -0.3 is 4.57 Å². The molecule has 0 aliphatic rings. The van der Waals surface area contributed by atoms with Crippen LogP contribution in [0, 0.1) is 0 Å². The Labute approximate surface area is 138 Å². The number of amides is 1. The van der Waals surface area contributed by atoms with Crippen molar-refractivity contribution in [1.29, 1.82) is 0 Å². The van der Waals surface area contributed by atoms with E-state index < -0.39 is 5.91 Å². The molecule has 6 heteroatoms. The molecule has 1 aromatic carbocycles. The normalized spacial score (nSPS) is 10.9. The molecule has 5 nitrogen and oxygen atoms in total. The minimum Gasteiger partial charge on any atom is -0.315 e. The Kier molecular flexibility index (Phi) is 6.14. The molecule has 0 radical (unpaired) electrons. The molecule has 0 atom stereocenters. The number of benzene rings is 1. The van der Waals surface area contributed by atoms with Crippen molar-refractivity contribution < 1.29 is 10.0 Å². The molecule has 1 heterocycles. The highest BCUT2D eigenvalue weighted by molar-refractivity contribution is 6.30. The van der Waals surface area contributed by atoms with E-state index in [2.05, 4.69) is 0 Å². The maximum absolute atomic E-state index is 12.3. The van der Waals surface area contributed by atoms with Gasteiger partial charge in [0.05, 0.1) is 0 Å². The van der Waals surface area contributed by atoms with Crippen LogP contribution in [-0.2, 0) is 17.8 Å². The predicted octanol–water partition coefficient (Wildman–Crippen LogP) is 2.65. The highest BCUT2D eigenvalue weighted by Crippen LogP contribution is 2.11. The fourth-order valence-electron chi connectivity index (χ4n) is 2.17. The van der Waals surface area contributed by atoms with Gasteiger partial charge in [0.15, 0.2) is 0 Å². The van der Waals surface area contributed by atoms with Gasteiger partial charge in [0, 0.05) is 29.4 Å². The number of aryl methyl sites for hydroxylation is 2. The maximum Gasteiger partial charge on any atom is 0.267 e. The van der Waals surface area contributed by atoms with Gasteiger partial charge in [-0.2, -0.15) is 0 Å². The van der Waals surface area contributed by atoms with Crippen LogP contribution in [0.25, 0.3) is 6.08 Å². The Morgan fingerprint density at radius 2 is 2.00 bits per heavy atom. The number of nitrogens with one attached hydrogen (secondary N) is 1. The van der Waals surface area contributed by atoms with Crippen molar-refractivity contribution in [1.82, 2.24) is 10.0 Å². The Morgan fingerprint density at radius 3 is 2.70 bits per heavy atom. The number of aromatic nitrogens is 1. The Hall–Kier alpha value is -2.37. The molecule has 120 valence electrons. The SMILES string of the molecule is O=C(/C=C/c1cccn(CCCc2ccc(Cl)cc2)c1=O)NO. The molecule has 0 spiro atoms. The fraction of sp³-hybridized carbons (Fsp3) is 0.176. The maximum atomic E-state index is 12.3. The third-order valence-electron chi connectivity index (χ3n) is 3.35. The van der Waals surface area contributed by atoms with Gasteiger partial charge in [-0.05, 0) is 48.7 Å². The molecule has 2 aromatic rings. The molecule has 0 bridgehead atoms. The van der Waals surface area contributed by atoms with Gasteiger partial charge >= 0.3 is 0 Å². The van der Waals surface area contributed by atoms with E-state index in [-0.39, 0.29) is 5.56 Å². The van der Waals surface area contributed by atoms with Gasteiger partial charge in [0.2, 0.25) is 0 Å². The molecule has 0 aliphatic carbocycles. The van der Waals surface area contributed by atoms with Crippen LogP contribution in [0.1, 0.15) is 17.5 Å². The van der Waals surface area contributed by atoms with Gasteiger partial charge in [-0.3, -0.25) is 14.8 Å². The molecule has 2 N–H and O–H groups in total. The summed E-state index contributed by atoms with van der Waals surface area (Å²) in [6, 6.07) is 11.0. The molecule has 0 saturated heterocycles. The first-order chi connectivity index (χ1) is 11.1. The summed E-state index contributed by atoms with van der Waals surface area (Å²) >= 11 is 5.85. The first-order valence-electron chi connectivity index (χ1n) is 7.16. The number of hydrogen-bond acceptors (Lipinski definition) is 3. The number of carbonyl (C=O) groups is 1. The van der Waals surface area contributed by atoms with E-state index in [1.807, 2.05) is 24.3 Å². The topological polar surface area (TPSA) is 71.3 Å². The van der Waals surface area contributed by atoms with Crippen LogP contribution in [-0.4, -0.2) is 15.7 Å². The highest BCUT2D eigenvalue weighted by Gasteiger charge is 2.02. The standard InChI is InChI=1S/C17H17ClN2O3/c18-15-8-5-13(6-9-15)3-1-11-20-12-2-4-14(17(20)22)7-10-16(21)19-23/h2,4-10,12,23H,1,3,11H2,(H,19,21)/b10-7+.